The van der Waals surface area contributed by atoms with E-state index in [1.54, 1.807) is 11.8 Å². The molecule has 0 heterocycles. The van der Waals surface area contributed by atoms with Gasteiger partial charge in [-0.25, -0.2) is 0 Å². The molecule has 1 N–H and O–H groups in total. The van der Waals surface area contributed by atoms with Crippen molar-refractivity contribution >= 4 is 23.5 Å². The second kappa shape index (κ2) is 9.83. The first kappa shape index (κ1) is 14.9. The SMILES string of the molecule is CSCCSCC(O)COCc1ccccc1. The van der Waals surface area contributed by atoms with Crippen LogP contribution in [-0.2, 0) is 11.3 Å². The Morgan fingerprint density at radius 2 is 2.00 bits per heavy atom. The van der Waals surface area contributed by atoms with Crippen molar-refractivity contribution in [3.63, 3.8) is 0 Å². The average Bonchev–Trinajstić information content (AvgIpc) is 2.36. The fourth-order valence-corrected chi connectivity index (χ4v) is 2.97. The van der Waals surface area contributed by atoms with E-state index in [-0.39, 0.29) is 6.10 Å². The molecule has 1 aromatic rings. The van der Waals surface area contributed by atoms with Crippen molar-refractivity contribution in [1.82, 2.24) is 0 Å². The Labute approximate surface area is 112 Å². The molecule has 0 aromatic heterocycles. The molecule has 2 nitrogen and oxygen atoms in total. The van der Waals surface area contributed by atoms with Gasteiger partial charge in [0.25, 0.3) is 0 Å². The lowest BCUT2D eigenvalue weighted by molar-refractivity contribution is 0.0398. The zero-order valence-electron chi connectivity index (χ0n) is 10.2. The van der Waals surface area contributed by atoms with E-state index in [9.17, 15) is 5.11 Å². The van der Waals surface area contributed by atoms with Gasteiger partial charge >= 0.3 is 0 Å². The topological polar surface area (TPSA) is 29.5 Å². The number of hydrogen-bond acceptors (Lipinski definition) is 4. The van der Waals surface area contributed by atoms with Crippen molar-refractivity contribution in [2.75, 3.05) is 30.1 Å². The quantitative estimate of drug-likeness (QED) is 0.700. The van der Waals surface area contributed by atoms with E-state index in [2.05, 4.69) is 6.26 Å². The van der Waals surface area contributed by atoms with Gasteiger partial charge in [0.2, 0.25) is 0 Å². The predicted molar refractivity (Wildman–Crippen MR) is 77.8 cm³/mol. The second-order valence-electron chi connectivity index (χ2n) is 3.72. The van der Waals surface area contributed by atoms with Crippen LogP contribution in [0.5, 0.6) is 0 Å². The van der Waals surface area contributed by atoms with Crippen molar-refractivity contribution in [2.24, 2.45) is 0 Å². The van der Waals surface area contributed by atoms with E-state index in [1.807, 2.05) is 42.1 Å². The Kier molecular flexibility index (Phi) is 8.61. The normalized spacial score (nSPS) is 12.6. The molecule has 0 amide bonds. The molecule has 0 fully saturated rings. The molecule has 0 aliphatic carbocycles. The second-order valence-corrected chi connectivity index (χ2v) is 5.86. The minimum Gasteiger partial charge on any atom is -0.390 e. The minimum atomic E-state index is -0.356. The molecule has 1 aromatic carbocycles. The van der Waals surface area contributed by atoms with Gasteiger partial charge in [-0.1, -0.05) is 30.3 Å². The molecule has 0 aliphatic rings. The number of ether oxygens (including phenoxy) is 1. The van der Waals surface area contributed by atoms with Crippen LogP contribution < -0.4 is 0 Å². The van der Waals surface area contributed by atoms with E-state index in [1.165, 1.54) is 0 Å². The van der Waals surface area contributed by atoms with Gasteiger partial charge in [-0.2, -0.15) is 23.5 Å². The van der Waals surface area contributed by atoms with Crippen molar-refractivity contribution in [1.29, 1.82) is 0 Å². The van der Waals surface area contributed by atoms with E-state index in [0.717, 1.165) is 22.8 Å². The molecule has 0 saturated carbocycles. The molecule has 0 aliphatic heterocycles. The monoisotopic (exact) mass is 272 g/mol. The third kappa shape index (κ3) is 7.71. The van der Waals surface area contributed by atoms with Gasteiger partial charge in [0.1, 0.15) is 0 Å². The molecule has 0 spiro atoms. The number of aliphatic hydroxyl groups is 1. The highest BCUT2D eigenvalue weighted by molar-refractivity contribution is 8.02. The highest BCUT2D eigenvalue weighted by atomic mass is 32.2. The summed E-state index contributed by atoms with van der Waals surface area (Å²) in [6.07, 6.45) is 1.74. The standard InChI is InChI=1S/C13H20O2S2/c1-16-7-8-17-11-13(14)10-15-9-12-5-3-2-4-6-12/h2-6,13-14H,7-11H2,1H3. The largest absolute Gasteiger partial charge is 0.390 e. The van der Waals surface area contributed by atoms with Gasteiger partial charge in [0, 0.05) is 17.3 Å². The zero-order valence-corrected chi connectivity index (χ0v) is 11.8. The third-order valence-electron chi connectivity index (χ3n) is 2.16. The summed E-state index contributed by atoms with van der Waals surface area (Å²) in [5.74, 6) is 2.99. The van der Waals surface area contributed by atoms with Crippen LogP contribution in [0.4, 0.5) is 0 Å². The van der Waals surface area contributed by atoms with Crippen molar-refractivity contribution in [3.8, 4) is 0 Å². The summed E-state index contributed by atoms with van der Waals surface area (Å²) in [6.45, 7) is 0.995. The van der Waals surface area contributed by atoms with Gasteiger partial charge in [0.05, 0.1) is 19.3 Å². The highest BCUT2D eigenvalue weighted by Gasteiger charge is 2.04. The van der Waals surface area contributed by atoms with Crippen LogP contribution >= 0.6 is 23.5 Å². The van der Waals surface area contributed by atoms with Crippen LogP contribution in [0.3, 0.4) is 0 Å². The summed E-state index contributed by atoms with van der Waals surface area (Å²) in [5.41, 5.74) is 1.15. The van der Waals surface area contributed by atoms with Crippen LogP contribution in [0.2, 0.25) is 0 Å². The first-order chi connectivity index (χ1) is 8.33. The minimum absolute atomic E-state index is 0.356. The molecule has 0 saturated heterocycles. The summed E-state index contributed by atoms with van der Waals surface area (Å²) in [5, 5.41) is 9.67. The summed E-state index contributed by atoms with van der Waals surface area (Å²) in [7, 11) is 0. The maximum atomic E-state index is 9.67. The number of benzene rings is 1. The molecule has 1 atom stereocenters. The fourth-order valence-electron chi connectivity index (χ4n) is 1.30. The Hall–Kier alpha value is -0.160. The number of rotatable bonds is 9. The lowest BCUT2D eigenvalue weighted by Gasteiger charge is -2.10. The van der Waals surface area contributed by atoms with Gasteiger partial charge in [-0.3, -0.25) is 0 Å². The first-order valence-corrected chi connectivity index (χ1v) is 8.24. The number of aliphatic hydroxyl groups excluding tert-OH is 1. The fraction of sp³-hybridized carbons (Fsp3) is 0.538. The maximum Gasteiger partial charge on any atom is 0.0863 e. The van der Waals surface area contributed by atoms with Gasteiger partial charge < -0.3 is 9.84 Å². The first-order valence-electron chi connectivity index (χ1n) is 5.69. The Bertz CT molecular complexity index is 280. The Morgan fingerprint density at radius 1 is 1.24 bits per heavy atom. The zero-order chi connectivity index (χ0) is 12.3. The highest BCUT2D eigenvalue weighted by Crippen LogP contribution is 2.07. The summed E-state index contributed by atoms with van der Waals surface area (Å²) in [4.78, 5) is 0. The Balaban J connectivity index is 2.02. The molecule has 0 radical (unpaired) electrons. The molecule has 1 rings (SSSR count). The Morgan fingerprint density at radius 3 is 2.71 bits per heavy atom. The molecule has 4 heteroatoms. The smallest absolute Gasteiger partial charge is 0.0863 e. The molecule has 0 bridgehead atoms. The van der Waals surface area contributed by atoms with Crippen LogP contribution in [0, 0.1) is 0 Å². The summed E-state index contributed by atoms with van der Waals surface area (Å²) < 4.78 is 5.47. The molecule has 17 heavy (non-hydrogen) atoms. The van der Waals surface area contributed by atoms with Gasteiger partial charge in [-0.15, -0.1) is 0 Å². The molecular weight excluding hydrogens is 252 g/mol. The summed E-state index contributed by atoms with van der Waals surface area (Å²) >= 11 is 3.62. The lowest BCUT2D eigenvalue weighted by atomic mass is 10.2. The van der Waals surface area contributed by atoms with E-state index in [4.69, 9.17) is 4.74 Å². The summed E-state index contributed by atoms with van der Waals surface area (Å²) in [6, 6.07) is 10.0. The predicted octanol–water partition coefficient (Wildman–Crippen LogP) is 2.66. The number of thioether (sulfide) groups is 2. The molecular formula is C13H20O2S2. The number of hydrogen-bond donors (Lipinski definition) is 1. The third-order valence-corrected chi connectivity index (χ3v) is 4.15. The average molecular weight is 272 g/mol. The van der Waals surface area contributed by atoms with E-state index < -0.39 is 0 Å². The van der Waals surface area contributed by atoms with Crippen LogP contribution in [-0.4, -0.2) is 41.3 Å². The molecule has 1 unspecified atom stereocenters. The van der Waals surface area contributed by atoms with Crippen LogP contribution in [0.15, 0.2) is 30.3 Å². The van der Waals surface area contributed by atoms with Crippen molar-refractivity contribution < 1.29 is 9.84 Å². The van der Waals surface area contributed by atoms with Gasteiger partial charge in [0.15, 0.2) is 0 Å². The van der Waals surface area contributed by atoms with E-state index >= 15 is 0 Å². The van der Waals surface area contributed by atoms with Crippen molar-refractivity contribution in [2.45, 2.75) is 12.7 Å². The van der Waals surface area contributed by atoms with Gasteiger partial charge in [-0.05, 0) is 11.8 Å². The van der Waals surface area contributed by atoms with E-state index in [0.29, 0.717) is 13.2 Å². The van der Waals surface area contributed by atoms with Crippen LogP contribution in [0.1, 0.15) is 5.56 Å². The molecule has 96 valence electrons. The lowest BCUT2D eigenvalue weighted by Crippen LogP contribution is -2.18. The van der Waals surface area contributed by atoms with Crippen molar-refractivity contribution in [3.05, 3.63) is 35.9 Å². The maximum absolute atomic E-state index is 9.67. The van der Waals surface area contributed by atoms with Crippen LogP contribution in [0.25, 0.3) is 0 Å².